The molecule has 124 valence electrons. The van der Waals surface area contributed by atoms with Crippen LogP contribution in [0.25, 0.3) is 0 Å². The van der Waals surface area contributed by atoms with Gasteiger partial charge in [0.15, 0.2) is 10.8 Å². The molecule has 0 saturated carbocycles. The van der Waals surface area contributed by atoms with Crippen molar-refractivity contribution in [2.75, 3.05) is 31.7 Å². The maximum absolute atomic E-state index is 12.7. The maximum Gasteiger partial charge on any atom is 0.434 e. The van der Waals surface area contributed by atoms with Crippen molar-refractivity contribution in [3.8, 4) is 5.75 Å². The van der Waals surface area contributed by atoms with E-state index in [4.69, 9.17) is 9.47 Å². The number of thiazole rings is 1. The van der Waals surface area contributed by atoms with Crippen LogP contribution in [0.15, 0.2) is 29.6 Å². The van der Waals surface area contributed by atoms with Crippen LogP contribution >= 0.6 is 11.3 Å². The molecule has 0 spiro atoms. The van der Waals surface area contributed by atoms with E-state index in [1.54, 1.807) is 7.11 Å². The number of halogens is 3. The Hall–Kier alpha value is -1.80. The van der Waals surface area contributed by atoms with Crippen molar-refractivity contribution >= 4 is 16.5 Å². The molecule has 3 rings (SSSR count). The van der Waals surface area contributed by atoms with Crippen LogP contribution in [0.2, 0.25) is 0 Å². The van der Waals surface area contributed by atoms with Gasteiger partial charge in [-0.3, -0.25) is 0 Å². The lowest BCUT2D eigenvalue weighted by Crippen LogP contribution is -2.38. The highest BCUT2D eigenvalue weighted by molar-refractivity contribution is 7.13. The lowest BCUT2D eigenvalue weighted by atomic mass is 10.1. The van der Waals surface area contributed by atoms with Crippen LogP contribution in [0.3, 0.4) is 0 Å². The molecule has 2 aromatic rings. The molecule has 0 N–H and O–H groups in total. The lowest BCUT2D eigenvalue weighted by molar-refractivity contribution is -0.140. The number of hydrogen-bond donors (Lipinski definition) is 0. The standard InChI is InChI=1S/C15H15F3N2O2S/c1-21-11-4-2-3-10(7-11)12-8-20(5-6-22-12)14-19-13(9-23-14)15(16,17)18/h2-4,7,9,12H,5-6,8H2,1H3. The number of hydrogen-bond acceptors (Lipinski definition) is 5. The average Bonchev–Trinajstić information content (AvgIpc) is 3.05. The van der Waals surface area contributed by atoms with E-state index < -0.39 is 11.9 Å². The van der Waals surface area contributed by atoms with Crippen molar-refractivity contribution in [2.24, 2.45) is 0 Å². The second-order valence-corrected chi connectivity index (χ2v) is 5.93. The normalized spacial score (nSPS) is 19.0. The van der Waals surface area contributed by atoms with Gasteiger partial charge in [-0.2, -0.15) is 13.2 Å². The van der Waals surface area contributed by atoms with Gasteiger partial charge in [-0.15, -0.1) is 11.3 Å². The number of methoxy groups -OCH3 is 1. The molecule has 2 heterocycles. The summed E-state index contributed by atoms with van der Waals surface area (Å²) in [4.78, 5) is 5.53. The second kappa shape index (κ2) is 6.37. The molecular formula is C15H15F3N2O2S. The Kier molecular flexibility index (Phi) is 4.45. The minimum Gasteiger partial charge on any atom is -0.497 e. The van der Waals surface area contributed by atoms with E-state index in [9.17, 15) is 13.2 Å². The van der Waals surface area contributed by atoms with Crippen LogP contribution in [0.5, 0.6) is 5.75 Å². The number of alkyl halides is 3. The fourth-order valence-corrected chi connectivity index (χ4v) is 3.28. The molecule has 1 aromatic heterocycles. The Labute approximate surface area is 135 Å². The van der Waals surface area contributed by atoms with Crippen LogP contribution in [0.1, 0.15) is 17.4 Å². The van der Waals surface area contributed by atoms with E-state index in [0.29, 0.717) is 24.8 Å². The third-order valence-corrected chi connectivity index (χ3v) is 4.49. The van der Waals surface area contributed by atoms with Crippen LogP contribution in [0.4, 0.5) is 18.3 Å². The number of anilines is 1. The zero-order valence-electron chi connectivity index (χ0n) is 12.3. The lowest BCUT2D eigenvalue weighted by Gasteiger charge is -2.33. The summed E-state index contributed by atoms with van der Waals surface area (Å²) in [5, 5.41) is 1.42. The van der Waals surface area contributed by atoms with E-state index >= 15 is 0 Å². The quantitative estimate of drug-likeness (QED) is 0.849. The molecule has 23 heavy (non-hydrogen) atoms. The molecule has 1 fully saturated rings. The van der Waals surface area contributed by atoms with Crippen molar-refractivity contribution in [2.45, 2.75) is 12.3 Å². The first-order chi connectivity index (χ1) is 11.0. The SMILES string of the molecule is COc1cccc(C2CN(c3nc(C(F)(F)F)cs3)CCO2)c1. The number of benzene rings is 1. The molecule has 1 aromatic carbocycles. The predicted molar refractivity (Wildman–Crippen MR) is 81.0 cm³/mol. The number of ether oxygens (including phenoxy) is 2. The van der Waals surface area contributed by atoms with E-state index in [1.165, 1.54) is 0 Å². The Morgan fingerprint density at radius 3 is 2.91 bits per heavy atom. The van der Waals surface area contributed by atoms with Gasteiger partial charge in [-0.1, -0.05) is 12.1 Å². The molecular weight excluding hydrogens is 329 g/mol. The Balaban J connectivity index is 1.76. The van der Waals surface area contributed by atoms with Gasteiger partial charge in [0.05, 0.1) is 20.3 Å². The number of nitrogens with zero attached hydrogens (tertiary/aromatic N) is 2. The molecule has 1 atom stereocenters. The van der Waals surface area contributed by atoms with Gasteiger partial charge in [0, 0.05) is 11.9 Å². The van der Waals surface area contributed by atoms with Gasteiger partial charge in [-0.05, 0) is 17.7 Å². The largest absolute Gasteiger partial charge is 0.497 e. The van der Waals surface area contributed by atoms with Crippen molar-refractivity contribution in [3.05, 3.63) is 40.9 Å². The minimum absolute atomic E-state index is 0.225. The van der Waals surface area contributed by atoms with Crippen LogP contribution in [0, 0.1) is 0 Å². The maximum atomic E-state index is 12.7. The Morgan fingerprint density at radius 1 is 1.39 bits per heavy atom. The minimum atomic E-state index is -4.41. The highest BCUT2D eigenvalue weighted by Crippen LogP contribution is 2.35. The molecule has 1 aliphatic heterocycles. The summed E-state index contributed by atoms with van der Waals surface area (Å²) in [6, 6.07) is 7.49. The molecule has 0 aliphatic carbocycles. The van der Waals surface area contributed by atoms with Gasteiger partial charge in [0.1, 0.15) is 11.9 Å². The van der Waals surface area contributed by atoms with Gasteiger partial charge in [-0.25, -0.2) is 4.98 Å². The molecule has 0 radical (unpaired) electrons. The summed E-state index contributed by atoms with van der Waals surface area (Å²) in [5.74, 6) is 0.719. The van der Waals surface area contributed by atoms with E-state index in [-0.39, 0.29) is 6.10 Å². The molecule has 1 unspecified atom stereocenters. The third-order valence-electron chi connectivity index (χ3n) is 3.59. The monoisotopic (exact) mass is 344 g/mol. The van der Waals surface area contributed by atoms with Gasteiger partial charge in [0.25, 0.3) is 0 Å². The summed E-state index contributed by atoms with van der Waals surface area (Å²) in [6.07, 6.45) is -4.63. The first-order valence-electron chi connectivity index (χ1n) is 7.00. The number of rotatable bonds is 3. The number of morpholine rings is 1. The molecule has 4 nitrogen and oxygen atoms in total. The van der Waals surface area contributed by atoms with Gasteiger partial charge < -0.3 is 14.4 Å². The first kappa shape index (κ1) is 16.1. The molecule has 0 amide bonds. The zero-order valence-corrected chi connectivity index (χ0v) is 13.2. The van der Waals surface area contributed by atoms with Gasteiger partial charge in [0.2, 0.25) is 0 Å². The topological polar surface area (TPSA) is 34.6 Å². The third kappa shape index (κ3) is 3.59. The fraction of sp³-hybridized carbons (Fsp3) is 0.400. The van der Waals surface area contributed by atoms with Crippen molar-refractivity contribution in [1.82, 2.24) is 4.98 Å². The second-order valence-electron chi connectivity index (χ2n) is 5.10. The van der Waals surface area contributed by atoms with Crippen LogP contribution < -0.4 is 9.64 Å². The smallest absolute Gasteiger partial charge is 0.434 e. The Morgan fingerprint density at radius 2 is 2.22 bits per heavy atom. The van der Waals surface area contributed by atoms with Crippen molar-refractivity contribution in [1.29, 1.82) is 0 Å². The summed E-state index contributed by atoms with van der Waals surface area (Å²) in [7, 11) is 1.58. The van der Waals surface area contributed by atoms with E-state index in [1.807, 2.05) is 29.2 Å². The zero-order chi connectivity index (χ0) is 16.4. The first-order valence-corrected chi connectivity index (χ1v) is 7.88. The van der Waals surface area contributed by atoms with Crippen LogP contribution in [-0.2, 0) is 10.9 Å². The average molecular weight is 344 g/mol. The highest BCUT2D eigenvalue weighted by atomic mass is 32.1. The van der Waals surface area contributed by atoms with Crippen molar-refractivity contribution in [3.63, 3.8) is 0 Å². The van der Waals surface area contributed by atoms with E-state index in [2.05, 4.69) is 4.98 Å². The predicted octanol–water partition coefficient (Wildman–Crippen LogP) is 3.75. The molecule has 8 heteroatoms. The molecule has 1 aliphatic rings. The van der Waals surface area contributed by atoms with E-state index in [0.717, 1.165) is 28.0 Å². The fourth-order valence-electron chi connectivity index (χ4n) is 2.41. The summed E-state index contributed by atoms with van der Waals surface area (Å²) in [5.41, 5.74) is 0.0866. The summed E-state index contributed by atoms with van der Waals surface area (Å²) >= 11 is 1.00. The van der Waals surface area contributed by atoms with Crippen molar-refractivity contribution < 1.29 is 22.6 Å². The highest BCUT2D eigenvalue weighted by Gasteiger charge is 2.35. The molecule has 1 saturated heterocycles. The Bertz CT molecular complexity index is 675. The van der Waals surface area contributed by atoms with Gasteiger partial charge >= 0.3 is 6.18 Å². The van der Waals surface area contributed by atoms with Crippen LogP contribution in [-0.4, -0.2) is 31.8 Å². The number of aromatic nitrogens is 1. The molecule has 0 bridgehead atoms. The summed E-state index contributed by atoms with van der Waals surface area (Å²) < 4.78 is 49.0. The summed E-state index contributed by atoms with van der Waals surface area (Å²) in [6.45, 7) is 1.41.